The number of carbonyl (C=O) groups excluding carboxylic acids is 1. The number of ether oxygens (including phenoxy) is 1. The molecule has 146 valence electrons. The molecule has 1 amide bonds. The summed E-state index contributed by atoms with van der Waals surface area (Å²) in [6.07, 6.45) is 7.38. The molecule has 0 radical (unpaired) electrons. The van der Waals surface area contributed by atoms with Crippen molar-refractivity contribution in [3.8, 4) is 0 Å². The lowest BCUT2D eigenvalue weighted by atomic mass is 9.93. The number of morpholine rings is 1. The number of carbonyl (C=O) groups is 1. The zero-order valence-electron chi connectivity index (χ0n) is 15.9. The zero-order chi connectivity index (χ0) is 18.6. The van der Waals surface area contributed by atoms with Gasteiger partial charge >= 0.3 is 0 Å². The van der Waals surface area contributed by atoms with Crippen LogP contribution in [0.25, 0.3) is 0 Å². The van der Waals surface area contributed by atoms with Gasteiger partial charge in [0, 0.05) is 56.1 Å². The molecular formula is C20H28N4O3. The summed E-state index contributed by atoms with van der Waals surface area (Å²) in [7, 11) is 0. The Labute approximate surface area is 159 Å². The van der Waals surface area contributed by atoms with Gasteiger partial charge in [-0.2, -0.15) is 0 Å². The number of amides is 1. The van der Waals surface area contributed by atoms with Gasteiger partial charge in [-0.05, 0) is 37.3 Å². The predicted molar refractivity (Wildman–Crippen MR) is 98.5 cm³/mol. The summed E-state index contributed by atoms with van der Waals surface area (Å²) in [6, 6.07) is 3.73. The summed E-state index contributed by atoms with van der Waals surface area (Å²) < 4.78 is 6.31. The average Bonchev–Trinajstić information content (AvgIpc) is 3.38. The van der Waals surface area contributed by atoms with Crippen LogP contribution in [0.5, 0.6) is 0 Å². The van der Waals surface area contributed by atoms with E-state index in [0.29, 0.717) is 17.6 Å². The molecule has 5 rings (SSSR count). The van der Waals surface area contributed by atoms with E-state index in [1.54, 1.807) is 11.7 Å². The van der Waals surface area contributed by atoms with Crippen molar-refractivity contribution in [2.45, 2.75) is 69.3 Å². The van der Waals surface area contributed by atoms with Crippen LogP contribution in [0, 0.1) is 0 Å². The van der Waals surface area contributed by atoms with Crippen molar-refractivity contribution in [3.05, 3.63) is 29.1 Å². The maximum Gasteiger partial charge on any atom is 0.276 e. The highest BCUT2D eigenvalue weighted by atomic mass is 16.5. The van der Waals surface area contributed by atoms with Crippen LogP contribution in [0.4, 0.5) is 0 Å². The minimum atomic E-state index is -0.508. The van der Waals surface area contributed by atoms with Crippen molar-refractivity contribution in [2.75, 3.05) is 19.7 Å². The summed E-state index contributed by atoms with van der Waals surface area (Å²) in [5.74, 6) is -0.508. The van der Waals surface area contributed by atoms with Crippen LogP contribution in [-0.2, 0) is 17.7 Å². The number of hydrogen-bond acceptors (Lipinski definition) is 6. The number of fused-ring (bicyclic) bond motifs is 3. The molecule has 0 spiro atoms. The first-order valence-corrected chi connectivity index (χ1v) is 10.2. The van der Waals surface area contributed by atoms with Gasteiger partial charge in [0.15, 0.2) is 0 Å². The number of hydroxylamine groups is 1. The molecule has 7 nitrogen and oxygen atoms in total. The molecule has 4 heterocycles. The molecule has 1 aliphatic carbocycles. The second-order valence-corrected chi connectivity index (χ2v) is 8.70. The second-order valence-electron chi connectivity index (χ2n) is 8.70. The number of rotatable bonds is 5. The second kappa shape index (κ2) is 6.51. The van der Waals surface area contributed by atoms with Crippen LogP contribution in [0.15, 0.2) is 12.3 Å². The van der Waals surface area contributed by atoms with Gasteiger partial charge in [0.1, 0.15) is 0 Å². The quantitative estimate of drug-likeness (QED) is 0.600. The molecule has 4 aliphatic rings. The molecule has 0 unspecified atom stereocenters. The van der Waals surface area contributed by atoms with Gasteiger partial charge in [-0.15, -0.1) is 0 Å². The maximum absolute atomic E-state index is 11.7. The molecule has 2 bridgehead atoms. The van der Waals surface area contributed by atoms with E-state index < -0.39 is 5.91 Å². The van der Waals surface area contributed by atoms with E-state index in [4.69, 9.17) is 9.94 Å². The van der Waals surface area contributed by atoms with E-state index in [2.05, 4.69) is 21.7 Å². The number of hydrogen-bond donors (Lipinski definition) is 2. The Morgan fingerprint density at radius 2 is 2.30 bits per heavy atom. The fraction of sp³-hybridized carbons (Fsp3) is 0.700. The highest BCUT2D eigenvalue weighted by Gasteiger charge is 2.55. The number of likely N-dealkylation sites (tertiary alicyclic amines) is 1. The lowest BCUT2D eigenvalue weighted by molar-refractivity contribution is -0.0726. The van der Waals surface area contributed by atoms with Crippen molar-refractivity contribution in [3.63, 3.8) is 0 Å². The predicted octanol–water partition coefficient (Wildman–Crippen LogP) is 1.34. The van der Waals surface area contributed by atoms with Crippen LogP contribution in [0.2, 0.25) is 0 Å². The minimum Gasteiger partial charge on any atom is -0.371 e. The summed E-state index contributed by atoms with van der Waals surface area (Å²) in [5.41, 5.74) is 4.23. The van der Waals surface area contributed by atoms with E-state index in [0.717, 1.165) is 62.8 Å². The lowest BCUT2D eigenvalue weighted by Gasteiger charge is -2.42. The number of nitrogens with zero attached hydrogens (tertiary/aromatic N) is 3. The Balaban J connectivity index is 1.36. The first-order valence-electron chi connectivity index (χ1n) is 10.2. The van der Waals surface area contributed by atoms with Crippen LogP contribution >= 0.6 is 0 Å². The molecule has 1 aromatic rings. The Bertz CT molecular complexity index is 753. The van der Waals surface area contributed by atoms with Gasteiger partial charge in [0.05, 0.1) is 17.8 Å². The normalized spacial score (nSPS) is 33.3. The fourth-order valence-corrected chi connectivity index (χ4v) is 5.30. The number of nitrogens with one attached hydrogen (secondary N) is 1. The molecule has 3 atom stereocenters. The van der Waals surface area contributed by atoms with Gasteiger partial charge in [-0.3, -0.25) is 24.8 Å². The minimum absolute atomic E-state index is 0.0360. The molecule has 7 heteroatoms. The van der Waals surface area contributed by atoms with Crippen LogP contribution in [0.1, 0.15) is 54.2 Å². The van der Waals surface area contributed by atoms with E-state index in [1.807, 2.05) is 6.07 Å². The fourth-order valence-electron chi connectivity index (χ4n) is 5.30. The summed E-state index contributed by atoms with van der Waals surface area (Å²) in [5, 5.41) is 8.90. The Kier molecular flexibility index (Phi) is 4.23. The third-order valence-electron chi connectivity index (χ3n) is 6.85. The molecule has 1 saturated carbocycles. The third kappa shape index (κ3) is 3.06. The zero-order valence-corrected chi connectivity index (χ0v) is 15.9. The maximum atomic E-state index is 11.7. The van der Waals surface area contributed by atoms with Gasteiger partial charge in [-0.1, -0.05) is 6.92 Å². The molecule has 0 aromatic carbocycles. The van der Waals surface area contributed by atoms with Crippen molar-refractivity contribution >= 4 is 5.91 Å². The first-order chi connectivity index (χ1) is 13.1. The lowest BCUT2D eigenvalue weighted by Crippen LogP contribution is -2.53. The Hall–Kier alpha value is -1.54. The van der Waals surface area contributed by atoms with Gasteiger partial charge in [0.2, 0.25) is 0 Å². The van der Waals surface area contributed by atoms with E-state index in [1.165, 1.54) is 12.8 Å². The molecule has 2 N–H and O–H groups in total. The van der Waals surface area contributed by atoms with Crippen molar-refractivity contribution in [1.82, 2.24) is 20.3 Å². The van der Waals surface area contributed by atoms with Crippen molar-refractivity contribution in [1.29, 1.82) is 0 Å². The largest absolute Gasteiger partial charge is 0.371 e. The third-order valence-corrected chi connectivity index (χ3v) is 6.85. The molecular weight excluding hydrogens is 344 g/mol. The standard InChI is InChI=1S/C20H28N4O3/c1-2-15-6-18-14(5-13(8-21-18)19(25)22-26)9-23(15)11-20-7-17(10-27-20)24(12-20)16-3-4-16/h5,8,15-17,26H,2-4,6-7,9-12H2,1H3,(H,22,25)/t15-,17-,20+/m1/s1. The first kappa shape index (κ1) is 17.6. The smallest absolute Gasteiger partial charge is 0.276 e. The van der Waals surface area contributed by atoms with Gasteiger partial charge in [-0.25, -0.2) is 5.48 Å². The summed E-state index contributed by atoms with van der Waals surface area (Å²) in [6.45, 7) is 5.90. The summed E-state index contributed by atoms with van der Waals surface area (Å²) in [4.78, 5) is 21.5. The Morgan fingerprint density at radius 1 is 1.44 bits per heavy atom. The van der Waals surface area contributed by atoms with E-state index in [-0.39, 0.29) is 5.60 Å². The number of aromatic nitrogens is 1. The van der Waals surface area contributed by atoms with Gasteiger partial charge in [0.25, 0.3) is 5.91 Å². The Morgan fingerprint density at radius 3 is 3.04 bits per heavy atom. The summed E-state index contributed by atoms with van der Waals surface area (Å²) >= 11 is 0. The van der Waals surface area contributed by atoms with Crippen molar-refractivity contribution in [2.24, 2.45) is 0 Å². The van der Waals surface area contributed by atoms with Crippen LogP contribution in [-0.4, -0.2) is 69.3 Å². The SMILES string of the molecule is CC[C@@H]1Cc2ncc(C(=O)NO)cc2CN1C[C@]12C[C@H](CO1)N(C1CC1)C2. The van der Waals surface area contributed by atoms with Crippen LogP contribution in [0.3, 0.4) is 0 Å². The molecule has 3 fully saturated rings. The van der Waals surface area contributed by atoms with Crippen LogP contribution < -0.4 is 5.48 Å². The molecule has 27 heavy (non-hydrogen) atoms. The van der Waals surface area contributed by atoms with Gasteiger partial charge < -0.3 is 4.74 Å². The molecule has 3 aliphatic heterocycles. The van der Waals surface area contributed by atoms with E-state index >= 15 is 0 Å². The monoisotopic (exact) mass is 372 g/mol. The highest BCUT2D eigenvalue weighted by molar-refractivity contribution is 5.93. The van der Waals surface area contributed by atoms with E-state index in [9.17, 15) is 4.79 Å². The number of pyridine rings is 1. The molecule has 2 saturated heterocycles. The highest BCUT2D eigenvalue weighted by Crippen LogP contribution is 2.44. The van der Waals surface area contributed by atoms with Crippen molar-refractivity contribution < 1.29 is 14.7 Å². The topological polar surface area (TPSA) is 77.9 Å². The average molecular weight is 372 g/mol. The molecule has 1 aromatic heterocycles.